The van der Waals surface area contributed by atoms with Crippen molar-refractivity contribution in [3.63, 3.8) is 0 Å². The van der Waals surface area contributed by atoms with Gasteiger partial charge in [0.05, 0.1) is 4.90 Å². The molecule has 0 saturated carbocycles. The molecule has 0 radical (unpaired) electrons. The zero-order valence-corrected chi connectivity index (χ0v) is 15.4. The van der Waals surface area contributed by atoms with E-state index < -0.39 is 34.3 Å². The molecule has 2 aromatic rings. The Kier molecular flexibility index (Phi) is 6.48. The van der Waals surface area contributed by atoms with Gasteiger partial charge in [0.15, 0.2) is 6.61 Å². The molecular formula is C17H18FN3O5S. The number of ether oxygens (including phenoxy) is 1. The number of benzene rings is 2. The Balaban J connectivity index is 1.91. The minimum absolute atomic E-state index is 0.0499. The lowest BCUT2D eigenvalue weighted by molar-refractivity contribution is -0.123. The third-order valence-corrected chi connectivity index (χ3v) is 5.18. The zero-order valence-electron chi connectivity index (χ0n) is 14.6. The molecule has 10 heteroatoms. The maximum atomic E-state index is 12.8. The van der Waals surface area contributed by atoms with Crippen LogP contribution in [0.5, 0.6) is 5.75 Å². The molecule has 2 aromatic carbocycles. The SMILES string of the molecule is CN(C)S(=O)(=O)c1cccc(C(=O)NNC(=O)COc2ccc(F)cc2)c1. The monoisotopic (exact) mass is 395 g/mol. The topological polar surface area (TPSA) is 105 Å². The first-order valence-corrected chi connectivity index (χ1v) is 9.14. The van der Waals surface area contributed by atoms with Crippen LogP contribution in [0, 0.1) is 5.82 Å². The fourth-order valence-electron chi connectivity index (χ4n) is 1.92. The average molecular weight is 395 g/mol. The third kappa shape index (κ3) is 5.50. The summed E-state index contributed by atoms with van der Waals surface area (Å²) in [7, 11) is -0.930. The second-order valence-electron chi connectivity index (χ2n) is 5.56. The highest BCUT2D eigenvalue weighted by Gasteiger charge is 2.18. The molecule has 8 nitrogen and oxygen atoms in total. The van der Waals surface area contributed by atoms with Crippen LogP contribution in [-0.4, -0.2) is 45.2 Å². The van der Waals surface area contributed by atoms with Crippen LogP contribution < -0.4 is 15.6 Å². The van der Waals surface area contributed by atoms with Crippen LogP contribution in [0.4, 0.5) is 4.39 Å². The van der Waals surface area contributed by atoms with Gasteiger partial charge in [-0.2, -0.15) is 0 Å². The van der Waals surface area contributed by atoms with Gasteiger partial charge >= 0.3 is 0 Å². The van der Waals surface area contributed by atoms with E-state index in [4.69, 9.17) is 4.74 Å². The van der Waals surface area contributed by atoms with Crippen molar-refractivity contribution in [3.8, 4) is 5.75 Å². The molecule has 0 fully saturated rings. The Morgan fingerprint density at radius 1 is 1.07 bits per heavy atom. The molecule has 0 unspecified atom stereocenters. The number of halogens is 1. The predicted octanol–water partition coefficient (Wildman–Crippen LogP) is 0.916. The summed E-state index contributed by atoms with van der Waals surface area (Å²) < 4.78 is 43.1. The number of carbonyl (C=O) groups excluding carboxylic acids is 2. The van der Waals surface area contributed by atoms with Gasteiger partial charge in [0.1, 0.15) is 11.6 Å². The normalized spacial score (nSPS) is 11.1. The number of nitrogens with zero attached hydrogens (tertiary/aromatic N) is 1. The van der Waals surface area contributed by atoms with E-state index in [-0.39, 0.29) is 10.5 Å². The molecule has 0 aliphatic carbocycles. The molecule has 0 aliphatic rings. The first kappa shape index (κ1) is 20.3. The van der Waals surface area contributed by atoms with Gasteiger partial charge in [-0.15, -0.1) is 0 Å². The highest BCUT2D eigenvalue weighted by molar-refractivity contribution is 7.89. The first-order valence-electron chi connectivity index (χ1n) is 7.70. The van der Waals surface area contributed by atoms with Gasteiger partial charge < -0.3 is 4.74 Å². The molecule has 27 heavy (non-hydrogen) atoms. The second-order valence-corrected chi connectivity index (χ2v) is 7.71. The van der Waals surface area contributed by atoms with Gasteiger partial charge in [-0.25, -0.2) is 17.1 Å². The van der Waals surface area contributed by atoms with E-state index in [1.807, 2.05) is 0 Å². The van der Waals surface area contributed by atoms with Gasteiger partial charge in [-0.05, 0) is 42.5 Å². The van der Waals surface area contributed by atoms with Crippen molar-refractivity contribution in [3.05, 3.63) is 59.9 Å². The van der Waals surface area contributed by atoms with Gasteiger partial charge in [0.2, 0.25) is 10.0 Å². The van der Waals surface area contributed by atoms with Crippen LogP contribution in [0.2, 0.25) is 0 Å². The lowest BCUT2D eigenvalue weighted by Gasteiger charge is -2.12. The minimum atomic E-state index is -3.69. The van der Waals surface area contributed by atoms with Crippen molar-refractivity contribution < 1.29 is 27.1 Å². The van der Waals surface area contributed by atoms with Crippen LogP contribution >= 0.6 is 0 Å². The van der Waals surface area contributed by atoms with E-state index >= 15 is 0 Å². The van der Waals surface area contributed by atoms with Gasteiger partial charge in [-0.1, -0.05) is 6.07 Å². The van der Waals surface area contributed by atoms with E-state index in [9.17, 15) is 22.4 Å². The van der Waals surface area contributed by atoms with E-state index in [1.54, 1.807) is 0 Å². The quantitative estimate of drug-likeness (QED) is 0.708. The molecule has 0 heterocycles. The highest BCUT2D eigenvalue weighted by Crippen LogP contribution is 2.14. The third-order valence-electron chi connectivity index (χ3n) is 3.37. The number of sulfonamides is 1. The van der Waals surface area contributed by atoms with Crippen molar-refractivity contribution in [2.24, 2.45) is 0 Å². The van der Waals surface area contributed by atoms with Crippen LogP contribution in [0.15, 0.2) is 53.4 Å². The maximum absolute atomic E-state index is 12.8. The summed E-state index contributed by atoms with van der Waals surface area (Å²) in [5, 5.41) is 0. The van der Waals surface area contributed by atoms with Gasteiger partial charge in [-0.3, -0.25) is 20.4 Å². The van der Waals surface area contributed by atoms with E-state index in [1.165, 1.54) is 62.6 Å². The smallest absolute Gasteiger partial charge is 0.276 e. The minimum Gasteiger partial charge on any atom is -0.484 e. The molecule has 0 spiro atoms. The highest BCUT2D eigenvalue weighted by atomic mass is 32.2. The Labute approximate surface area is 156 Å². The van der Waals surface area contributed by atoms with Gasteiger partial charge in [0.25, 0.3) is 11.8 Å². The van der Waals surface area contributed by atoms with Crippen LogP contribution in [0.1, 0.15) is 10.4 Å². The Bertz CT molecular complexity index is 930. The predicted molar refractivity (Wildman–Crippen MR) is 94.8 cm³/mol. The van der Waals surface area contributed by atoms with Crippen molar-refractivity contribution in [2.45, 2.75) is 4.90 Å². The number of rotatable bonds is 6. The van der Waals surface area contributed by atoms with Crippen molar-refractivity contribution in [2.75, 3.05) is 20.7 Å². The number of nitrogens with one attached hydrogen (secondary N) is 2. The Morgan fingerprint density at radius 3 is 2.37 bits per heavy atom. The lowest BCUT2D eigenvalue weighted by Crippen LogP contribution is -2.43. The lowest BCUT2D eigenvalue weighted by atomic mass is 10.2. The molecule has 144 valence electrons. The molecule has 0 bridgehead atoms. The summed E-state index contributed by atoms with van der Waals surface area (Å²) in [5.74, 6) is -1.48. The summed E-state index contributed by atoms with van der Waals surface area (Å²) >= 11 is 0. The Hall–Kier alpha value is -2.98. The molecule has 2 N–H and O–H groups in total. The van der Waals surface area contributed by atoms with E-state index in [0.29, 0.717) is 5.75 Å². The fraction of sp³-hybridized carbons (Fsp3) is 0.176. The first-order chi connectivity index (χ1) is 12.7. The van der Waals surface area contributed by atoms with Gasteiger partial charge in [0, 0.05) is 19.7 Å². The molecule has 0 aromatic heterocycles. The van der Waals surface area contributed by atoms with Crippen molar-refractivity contribution in [1.29, 1.82) is 0 Å². The summed E-state index contributed by atoms with van der Waals surface area (Å²) in [6.45, 7) is -0.402. The molecule has 2 amide bonds. The molecule has 0 atom stereocenters. The van der Waals surface area contributed by atoms with Crippen LogP contribution in [0.3, 0.4) is 0 Å². The molecular weight excluding hydrogens is 377 g/mol. The number of carbonyl (C=O) groups is 2. The largest absolute Gasteiger partial charge is 0.484 e. The van der Waals surface area contributed by atoms with Crippen molar-refractivity contribution in [1.82, 2.24) is 15.2 Å². The molecule has 0 saturated heterocycles. The van der Waals surface area contributed by atoms with E-state index in [2.05, 4.69) is 10.9 Å². The molecule has 0 aliphatic heterocycles. The van der Waals surface area contributed by atoms with E-state index in [0.717, 1.165) is 4.31 Å². The van der Waals surface area contributed by atoms with Crippen LogP contribution in [-0.2, 0) is 14.8 Å². The number of hydrogen-bond acceptors (Lipinski definition) is 5. The number of hydrazine groups is 1. The number of amides is 2. The second kappa shape index (κ2) is 8.60. The summed E-state index contributed by atoms with van der Waals surface area (Å²) in [4.78, 5) is 23.8. The Morgan fingerprint density at radius 2 is 1.74 bits per heavy atom. The maximum Gasteiger partial charge on any atom is 0.276 e. The molecule has 2 rings (SSSR count). The standard InChI is InChI=1S/C17H18FN3O5S/c1-21(2)27(24,25)15-5-3-4-12(10-15)17(23)20-19-16(22)11-26-14-8-6-13(18)7-9-14/h3-10H,11H2,1-2H3,(H,19,22)(H,20,23). The van der Waals surface area contributed by atoms with Crippen molar-refractivity contribution >= 4 is 21.8 Å². The fourth-order valence-corrected chi connectivity index (χ4v) is 2.87. The average Bonchev–Trinajstić information content (AvgIpc) is 2.65. The van der Waals surface area contributed by atoms with Crippen LogP contribution in [0.25, 0.3) is 0 Å². The summed E-state index contributed by atoms with van der Waals surface area (Å²) in [5.41, 5.74) is 4.36. The number of hydrogen-bond donors (Lipinski definition) is 2. The summed E-state index contributed by atoms with van der Waals surface area (Å²) in [6.07, 6.45) is 0. The zero-order chi connectivity index (χ0) is 20.0. The summed E-state index contributed by atoms with van der Waals surface area (Å²) in [6, 6.07) is 10.5.